The highest BCUT2D eigenvalue weighted by atomic mass is 15.0. The second-order valence-electron chi connectivity index (χ2n) is 31.3. The second kappa shape index (κ2) is 29.1. The van der Waals surface area contributed by atoms with Gasteiger partial charge in [0, 0.05) is 66.3 Å². The van der Waals surface area contributed by atoms with Gasteiger partial charge in [-0.3, -0.25) is 0 Å². The number of aromatic nitrogens is 7. The zero-order chi connectivity index (χ0) is 80.9. The maximum Gasteiger partial charge on any atom is 0.164 e. The van der Waals surface area contributed by atoms with Gasteiger partial charge in [-0.2, -0.15) is 10.5 Å². The fourth-order valence-electron chi connectivity index (χ4n) is 18.3. The maximum absolute atomic E-state index is 9.75. The van der Waals surface area contributed by atoms with Crippen molar-refractivity contribution in [3.05, 3.63) is 418 Å². The van der Waals surface area contributed by atoms with Crippen LogP contribution < -0.4 is 0 Å². The van der Waals surface area contributed by atoms with Crippen molar-refractivity contribution in [1.82, 2.24) is 34.1 Å². The van der Waals surface area contributed by atoms with Crippen LogP contribution in [0.5, 0.6) is 0 Å². The molecule has 0 radical (unpaired) electrons. The van der Waals surface area contributed by atoms with E-state index in [2.05, 4.69) is 319 Å². The molecular formula is C113H67N9. The maximum atomic E-state index is 9.75. The Bertz CT molecular complexity index is 7600. The van der Waals surface area contributed by atoms with Gasteiger partial charge in [0.2, 0.25) is 0 Å². The van der Waals surface area contributed by atoms with E-state index in [0.29, 0.717) is 34.4 Å². The molecule has 0 saturated heterocycles. The molecule has 0 aliphatic carbocycles. The van der Waals surface area contributed by atoms with Gasteiger partial charge < -0.3 is 9.13 Å². The Balaban J connectivity index is 0.000000142. The van der Waals surface area contributed by atoms with Crippen LogP contribution in [0.2, 0.25) is 0 Å². The van der Waals surface area contributed by atoms with E-state index in [1.165, 1.54) is 70.6 Å². The Hall–Kier alpha value is -16.9. The minimum absolute atomic E-state index is 0.649. The number of hydrogen-bond acceptors (Lipinski definition) is 7. The third-order valence-corrected chi connectivity index (χ3v) is 24.1. The Morgan fingerprint density at radius 3 is 0.738 bits per heavy atom. The Morgan fingerprint density at radius 1 is 0.180 bits per heavy atom. The molecule has 0 amide bonds. The topological polar surface area (TPSA) is 122 Å². The lowest BCUT2D eigenvalue weighted by molar-refractivity contribution is 1.07. The van der Waals surface area contributed by atoms with Crippen molar-refractivity contribution in [3.63, 3.8) is 0 Å². The summed E-state index contributed by atoms with van der Waals surface area (Å²) in [5.74, 6) is 2.66. The number of rotatable bonds is 12. The van der Waals surface area contributed by atoms with Crippen molar-refractivity contribution >= 4 is 108 Å². The average Bonchev–Trinajstić information content (AvgIpc) is 1.16. The molecule has 0 aliphatic heterocycles. The predicted octanol–water partition coefficient (Wildman–Crippen LogP) is 28.8. The van der Waals surface area contributed by atoms with E-state index in [1.54, 1.807) is 0 Å². The van der Waals surface area contributed by atoms with Crippen LogP contribution in [0.4, 0.5) is 0 Å². The normalized spacial score (nSPS) is 11.6. The molecule has 0 bridgehead atoms. The lowest BCUT2D eigenvalue weighted by Crippen LogP contribution is -2.00. The predicted molar refractivity (Wildman–Crippen MR) is 502 cm³/mol. The molecule has 4 heterocycles. The number of hydrogen-bond donors (Lipinski definition) is 0. The molecule has 564 valence electrons. The molecule has 122 heavy (non-hydrogen) atoms. The van der Waals surface area contributed by atoms with Gasteiger partial charge in [-0.25, -0.2) is 24.9 Å². The summed E-state index contributed by atoms with van der Waals surface area (Å²) in [4.78, 5) is 25.2. The van der Waals surface area contributed by atoms with Crippen LogP contribution in [-0.2, 0) is 0 Å². The van der Waals surface area contributed by atoms with Crippen molar-refractivity contribution < 1.29 is 0 Å². The highest BCUT2D eigenvalue weighted by Gasteiger charge is 2.22. The zero-order valence-corrected chi connectivity index (χ0v) is 65.7. The monoisotopic (exact) mass is 1550 g/mol. The van der Waals surface area contributed by atoms with Crippen molar-refractivity contribution in [1.29, 1.82) is 10.5 Å². The van der Waals surface area contributed by atoms with E-state index in [9.17, 15) is 10.5 Å². The van der Waals surface area contributed by atoms with Crippen molar-refractivity contribution in [2.75, 3.05) is 0 Å². The molecule has 4 aromatic heterocycles. The van der Waals surface area contributed by atoms with E-state index >= 15 is 0 Å². The molecule has 0 N–H and O–H groups in total. The van der Waals surface area contributed by atoms with E-state index in [4.69, 9.17) is 24.9 Å². The fourth-order valence-corrected chi connectivity index (χ4v) is 18.3. The molecule has 24 aromatic rings. The van der Waals surface area contributed by atoms with Gasteiger partial charge in [0.25, 0.3) is 0 Å². The molecule has 9 nitrogen and oxygen atoms in total. The van der Waals surface area contributed by atoms with Gasteiger partial charge in [0.1, 0.15) is 0 Å². The molecule has 0 spiro atoms. The van der Waals surface area contributed by atoms with E-state index in [0.717, 1.165) is 138 Å². The van der Waals surface area contributed by atoms with E-state index < -0.39 is 0 Å². The van der Waals surface area contributed by atoms with Gasteiger partial charge in [0.05, 0.1) is 56.7 Å². The van der Waals surface area contributed by atoms with Gasteiger partial charge in [0.15, 0.2) is 23.3 Å². The second-order valence-corrected chi connectivity index (χ2v) is 31.3. The molecular weight excluding hydrogens is 1480 g/mol. The summed E-state index contributed by atoms with van der Waals surface area (Å²) < 4.78 is 4.56. The first kappa shape index (κ1) is 70.5. The fraction of sp³-hybridized carbons (Fsp3) is 0. The highest BCUT2D eigenvalue weighted by Crippen LogP contribution is 2.45. The first-order chi connectivity index (χ1) is 60.3. The number of benzene rings is 20. The third-order valence-electron chi connectivity index (χ3n) is 24.1. The number of nitriles is 2. The van der Waals surface area contributed by atoms with Gasteiger partial charge in [-0.1, -0.05) is 267 Å². The van der Waals surface area contributed by atoms with E-state index in [-0.39, 0.29) is 0 Å². The van der Waals surface area contributed by atoms with Gasteiger partial charge in [-0.15, -0.1) is 0 Å². The SMILES string of the molecule is N#Cc1ccc2c(c1)c1cc(-c3ccc(-c4cc5ccc6cc(-c7nc(-c8ccccc8)cc(-c8ccccc8)n7)cc7ccc(c4)c5c67)cc3)ccc1n2-c1ccccc1.N#Cc1ccc2c(c1)c1cc(-c3ccc(-c4cc5ccc6cc(-c7nc(-c8ccccc8)nc(-c8ccccc8)n7)cc7ccc(c4)c5c67)cc3)ccc1n2-c1ccccc1. The molecule has 20 aromatic carbocycles. The lowest BCUT2D eigenvalue weighted by Gasteiger charge is -2.15. The van der Waals surface area contributed by atoms with Crippen LogP contribution >= 0.6 is 0 Å². The third kappa shape index (κ3) is 12.4. The molecule has 0 saturated carbocycles. The van der Waals surface area contributed by atoms with Crippen molar-refractivity contribution in [2.24, 2.45) is 0 Å². The van der Waals surface area contributed by atoms with E-state index in [1.807, 2.05) is 109 Å². The molecule has 0 unspecified atom stereocenters. The summed E-state index contributed by atoms with van der Waals surface area (Å²) in [6.45, 7) is 0. The van der Waals surface area contributed by atoms with Crippen LogP contribution in [0.15, 0.2) is 406 Å². The summed E-state index contributed by atoms with van der Waals surface area (Å²) in [7, 11) is 0. The van der Waals surface area contributed by atoms with Gasteiger partial charge >= 0.3 is 0 Å². The standard InChI is InChI=1S/C57H34N4.C56H33N5/c58-35-36-16-26-53-49(28-36)50-33-41(25-27-54(50)61(53)48-14-8-3-9-15-48)37-17-19-38(20-18-37)46-29-42-21-23-44-31-47(32-45-24-22-43(30-46)55(42)56(44)45)57-59-51(39-10-4-1-5-11-39)34-52(60-57)40-12-6-2-7-13-40;57-34-35-16-26-50-48(28-35)49-33-40(25-27-51(49)61(50)47-14-8-3-9-15-47)36-17-19-37(20-18-36)45-29-41-21-23-43-31-46(32-44-24-22-42(30-45)52(41)53(43)44)56-59-54(38-10-4-1-5-11-38)58-55(60-56)39-12-6-2-7-13-39/h1-34H;1-33H. The number of para-hydroxylation sites is 2. The highest BCUT2D eigenvalue weighted by molar-refractivity contribution is 6.26. The largest absolute Gasteiger partial charge is 0.309 e. The Morgan fingerprint density at radius 2 is 0.426 bits per heavy atom. The first-order valence-corrected chi connectivity index (χ1v) is 40.9. The number of nitrogens with zero attached hydrogens (tertiary/aromatic N) is 9. The van der Waals surface area contributed by atoms with Crippen LogP contribution in [0.25, 0.3) is 232 Å². The summed E-state index contributed by atoms with van der Waals surface area (Å²) in [5, 5.41) is 38.4. The van der Waals surface area contributed by atoms with Crippen LogP contribution in [0.3, 0.4) is 0 Å². The number of fused-ring (bicyclic) bond motifs is 6. The summed E-state index contributed by atoms with van der Waals surface area (Å²) >= 11 is 0. The summed E-state index contributed by atoms with van der Waals surface area (Å²) in [5.41, 5.74) is 24.9. The molecule has 0 aliphatic rings. The lowest BCUT2D eigenvalue weighted by atomic mass is 9.90. The molecule has 0 atom stereocenters. The van der Waals surface area contributed by atoms with Crippen molar-refractivity contribution in [3.8, 4) is 136 Å². The van der Waals surface area contributed by atoms with Crippen LogP contribution in [0, 0.1) is 22.7 Å². The molecule has 9 heteroatoms. The van der Waals surface area contributed by atoms with Crippen LogP contribution in [0.1, 0.15) is 11.1 Å². The summed E-state index contributed by atoms with van der Waals surface area (Å²) in [6.07, 6.45) is 0. The summed E-state index contributed by atoms with van der Waals surface area (Å²) in [6, 6.07) is 148. The van der Waals surface area contributed by atoms with Crippen molar-refractivity contribution in [2.45, 2.75) is 0 Å². The quantitative estimate of drug-likeness (QED) is 0.112. The smallest absolute Gasteiger partial charge is 0.164 e. The molecule has 0 fully saturated rings. The Labute approximate surface area is 701 Å². The average molecular weight is 1550 g/mol. The van der Waals surface area contributed by atoms with Gasteiger partial charge in [-0.05, 0) is 249 Å². The minimum Gasteiger partial charge on any atom is -0.309 e. The minimum atomic E-state index is 0.649. The zero-order valence-electron chi connectivity index (χ0n) is 65.7. The molecule has 24 rings (SSSR count). The Kier molecular flexibility index (Phi) is 16.8. The van der Waals surface area contributed by atoms with Crippen LogP contribution in [-0.4, -0.2) is 34.1 Å². The first-order valence-electron chi connectivity index (χ1n) is 40.9.